The average molecular weight is 336 g/mol. The van der Waals surface area contributed by atoms with E-state index in [9.17, 15) is 0 Å². The number of H-pyrrole nitrogens is 1. The lowest BCUT2D eigenvalue weighted by molar-refractivity contribution is 0.199. The van der Waals surface area contributed by atoms with Crippen molar-refractivity contribution in [1.29, 1.82) is 0 Å². The lowest BCUT2D eigenvalue weighted by atomic mass is 10.1. The Morgan fingerprint density at radius 3 is 3.00 bits per heavy atom. The van der Waals surface area contributed by atoms with E-state index in [-0.39, 0.29) is 6.04 Å². The summed E-state index contributed by atoms with van der Waals surface area (Å²) in [7, 11) is 0. The molecule has 1 atom stereocenters. The number of hydrogen-bond acceptors (Lipinski definition) is 5. The fraction of sp³-hybridized carbons (Fsp3) is 0.421. The van der Waals surface area contributed by atoms with Crippen LogP contribution in [0.4, 0.5) is 0 Å². The van der Waals surface area contributed by atoms with Crippen molar-refractivity contribution in [2.45, 2.75) is 38.8 Å². The predicted molar refractivity (Wildman–Crippen MR) is 99.0 cm³/mol. The van der Waals surface area contributed by atoms with E-state index in [2.05, 4.69) is 44.1 Å². The van der Waals surface area contributed by atoms with Crippen molar-refractivity contribution >= 4 is 11.0 Å². The van der Waals surface area contributed by atoms with Gasteiger partial charge in [-0.25, -0.2) is 4.98 Å². The number of nitrogens with two attached hydrogens (primary N) is 1. The Kier molecular flexibility index (Phi) is 4.46. The molecule has 3 aromatic heterocycles. The lowest BCUT2D eigenvalue weighted by Gasteiger charge is -2.30. The Morgan fingerprint density at radius 2 is 2.24 bits per heavy atom. The molecule has 4 rings (SSSR count). The quantitative estimate of drug-likeness (QED) is 0.765. The molecule has 0 aromatic carbocycles. The van der Waals surface area contributed by atoms with Crippen LogP contribution >= 0.6 is 0 Å². The highest BCUT2D eigenvalue weighted by molar-refractivity contribution is 5.83. The SMILES string of the molecule is CCc1c[nH]c2ncc(-c3ccc(CN4CCCC(N)C4)nn3)cc12. The summed E-state index contributed by atoms with van der Waals surface area (Å²) < 4.78 is 0. The number of aromatic amines is 1. The second-order valence-electron chi connectivity index (χ2n) is 6.83. The third-order valence-electron chi connectivity index (χ3n) is 4.94. The van der Waals surface area contributed by atoms with E-state index in [1.54, 1.807) is 0 Å². The number of fused-ring (bicyclic) bond motifs is 1. The van der Waals surface area contributed by atoms with Crippen LogP contribution < -0.4 is 5.73 Å². The largest absolute Gasteiger partial charge is 0.346 e. The first-order valence-corrected chi connectivity index (χ1v) is 9.00. The van der Waals surface area contributed by atoms with Crippen LogP contribution in [0.15, 0.2) is 30.6 Å². The summed E-state index contributed by atoms with van der Waals surface area (Å²) in [5.74, 6) is 0. The maximum Gasteiger partial charge on any atom is 0.137 e. The van der Waals surface area contributed by atoms with Gasteiger partial charge in [0.15, 0.2) is 0 Å². The second-order valence-corrected chi connectivity index (χ2v) is 6.83. The van der Waals surface area contributed by atoms with E-state index in [0.717, 1.165) is 66.9 Å². The summed E-state index contributed by atoms with van der Waals surface area (Å²) in [4.78, 5) is 10.1. The van der Waals surface area contributed by atoms with Crippen molar-refractivity contribution < 1.29 is 0 Å². The van der Waals surface area contributed by atoms with Gasteiger partial charge in [-0.1, -0.05) is 6.92 Å². The molecule has 1 aliphatic heterocycles. The minimum Gasteiger partial charge on any atom is -0.346 e. The van der Waals surface area contributed by atoms with E-state index < -0.39 is 0 Å². The van der Waals surface area contributed by atoms with Crippen LogP contribution in [-0.2, 0) is 13.0 Å². The Hall–Kier alpha value is -2.31. The van der Waals surface area contributed by atoms with E-state index in [1.165, 1.54) is 5.56 Å². The summed E-state index contributed by atoms with van der Waals surface area (Å²) in [6.45, 7) is 4.99. The Labute approximate surface area is 147 Å². The zero-order chi connectivity index (χ0) is 17.2. The first-order chi connectivity index (χ1) is 12.2. The highest BCUT2D eigenvalue weighted by atomic mass is 15.2. The number of nitrogens with zero attached hydrogens (tertiary/aromatic N) is 4. The van der Waals surface area contributed by atoms with Gasteiger partial charge in [-0.05, 0) is 49.6 Å². The van der Waals surface area contributed by atoms with Gasteiger partial charge in [0, 0.05) is 42.5 Å². The van der Waals surface area contributed by atoms with Gasteiger partial charge in [-0.15, -0.1) is 0 Å². The molecule has 25 heavy (non-hydrogen) atoms. The minimum atomic E-state index is 0.285. The predicted octanol–water partition coefficient (Wildman–Crippen LogP) is 2.51. The number of aryl methyl sites for hydroxylation is 1. The zero-order valence-electron chi connectivity index (χ0n) is 14.6. The third kappa shape index (κ3) is 3.41. The van der Waals surface area contributed by atoms with Crippen LogP contribution in [0, 0.1) is 0 Å². The van der Waals surface area contributed by atoms with Gasteiger partial charge in [-0.3, -0.25) is 4.90 Å². The van der Waals surface area contributed by atoms with Gasteiger partial charge < -0.3 is 10.7 Å². The number of pyridine rings is 1. The maximum absolute atomic E-state index is 6.05. The van der Waals surface area contributed by atoms with E-state index in [4.69, 9.17) is 5.73 Å². The minimum absolute atomic E-state index is 0.285. The molecule has 3 N–H and O–H groups in total. The number of rotatable bonds is 4. The number of likely N-dealkylation sites (tertiary alicyclic amines) is 1. The molecular formula is C19H24N6. The summed E-state index contributed by atoms with van der Waals surface area (Å²) in [5.41, 5.74) is 11.1. The standard InChI is InChI=1S/C19H24N6/c1-2-13-9-21-19-17(13)8-14(10-22-19)18-6-5-16(23-24-18)12-25-7-3-4-15(20)11-25/h5-6,8-10,15H,2-4,7,11-12,20H2,1H3,(H,21,22). The van der Waals surface area contributed by atoms with Gasteiger partial charge in [0.05, 0.1) is 11.4 Å². The fourth-order valence-electron chi connectivity index (χ4n) is 3.55. The van der Waals surface area contributed by atoms with E-state index in [0.29, 0.717) is 0 Å². The molecule has 0 bridgehead atoms. The molecule has 6 heteroatoms. The Bertz CT molecular complexity index is 854. The van der Waals surface area contributed by atoms with Crippen molar-refractivity contribution in [3.63, 3.8) is 0 Å². The molecule has 1 aliphatic rings. The van der Waals surface area contributed by atoms with Crippen LogP contribution in [0.2, 0.25) is 0 Å². The van der Waals surface area contributed by atoms with Crippen molar-refractivity contribution in [3.05, 3.63) is 41.9 Å². The van der Waals surface area contributed by atoms with Crippen LogP contribution in [-0.4, -0.2) is 44.2 Å². The highest BCUT2D eigenvalue weighted by Crippen LogP contribution is 2.23. The van der Waals surface area contributed by atoms with Crippen molar-refractivity contribution in [3.8, 4) is 11.3 Å². The molecule has 1 unspecified atom stereocenters. The summed E-state index contributed by atoms with van der Waals surface area (Å²) in [5, 5.41) is 10.00. The van der Waals surface area contributed by atoms with Crippen LogP contribution in [0.3, 0.4) is 0 Å². The van der Waals surface area contributed by atoms with Gasteiger partial charge in [0.25, 0.3) is 0 Å². The number of hydrogen-bond donors (Lipinski definition) is 2. The highest BCUT2D eigenvalue weighted by Gasteiger charge is 2.17. The van der Waals surface area contributed by atoms with Crippen LogP contribution in [0.25, 0.3) is 22.3 Å². The van der Waals surface area contributed by atoms with Crippen LogP contribution in [0.1, 0.15) is 31.0 Å². The first kappa shape index (κ1) is 16.2. The molecular weight excluding hydrogens is 312 g/mol. The van der Waals surface area contributed by atoms with E-state index >= 15 is 0 Å². The molecule has 3 aromatic rings. The van der Waals surface area contributed by atoms with Crippen molar-refractivity contribution in [2.75, 3.05) is 13.1 Å². The summed E-state index contributed by atoms with van der Waals surface area (Å²) in [6.07, 6.45) is 7.14. The monoisotopic (exact) mass is 336 g/mol. The molecule has 0 radical (unpaired) electrons. The van der Waals surface area contributed by atoms with E-state index in [1.807, 2.05) is 18.5 Å². The molecule has 130 valence electrons. The second kappa shape index (κ2) is 6.90. The number of aromatic nitrogens is 4. The molecule has 0 aliphatic carbocycles. The van der Waals surface area contributed by atoms with Gasteiger partial charge >= 0.3 is 0 Å². The molecule has 4 heterocycles. The first-order valence-electron chi connectivity index (χ1n) is 9.00. The van der Waals surface area contributed by atoms with Gasteiger partial charge in [0.2, 0.25) is 0 Å². The normalized spacial score (nSPS) is 18.7. The molecule has 0 amide bonds. The zero-order valence-corrected chi connectivity index (χ0v) is 14.6. The summed E-state index contributed by atoms with van der Waals surface area (Å²) >= 11 is 0. The fourth-order valence-corrected chi connectivity index (χ4v) is 3.55. The van der Waals surface area contributed by atoms with Crippen molar-refractivity contribution in [2.24, 2.45) is 5.73 Å². The van der Waals surface area contributed by atoms with Crippen LogP contribution in [0.5, 0.6) is 0 Å². The molecule has 1 saturated heterocycles. The van der Waals surface area contributed by atoms with Crippen molar-refractivity contribution in [1.82, 2.24) is 25.1 Å². The summed E-state index contributed by atoms with van der Waals surface area (Å²) in [6, 6.07) is 6.52. The average Bonchev–Trinajstić information content (AvgIpc) is 3.05. The lowest BCUT2D eigenvalue weighted by Crippen LogP contribution is -2.42. The Morgan fingerprint density at radius 1 is 1.32 bits per heavy atom. The maximum atomic E-state index is 6.05. The van der Waals surface area contributed by atoms with Gasteiger partial charge in [-0.2, -0.15) is 10.2 Å². The Balaban J connectivity index is 1.53. The topological polar surface area (TPSA) is 83.7 Å². The molecule has 0 spiro atoms. The smallest absolute Gasteiger partial charge is 0.137 e. The number of nitrogens with one attached hydrogen (secondary N) is 1. The third-order valence-corrected chi connectivity index (χ3v) is 4.94. The van der Waals surface area contributed by atoms with Gasteiger partial charge in [0.1, 0.15) is 5.65 Å². The molecule has 1 fully saturated rings. The molecule has 0 saturated carbocycles. The molecule has 6 nitrogen and oxygen atoms in total. The number of piperidine rings is 1.